The molecule has 6 nitrogen and oxygen atoms in total. The van der Waals surface area contributed by atoms with Crippen molar-refractivity contribution >= 4 is 5.91 Å². The number of amides is 1. The first-order valence-electron chi connectivity index (χ1n) is 7.11. The third-order valence-electron chi connectivity index (χ3n) is 3.58. The lowest BCUT2D eigenvalue weighted by atomic mass is 9.97. The lowest BCUT2D eigenvalue weighted by molar-refractivity contribution is -0.121. The molecule has 110 valence electrons. The minimum absolute atomic E-state index is 0.0318. The Kier molecular flexibility index (Phi) is 4.14. The number of carbonyl (C=O) groups excluding carboxylic acids is 1. The summed E-state index contributed by atoms with van der Waals surface area (Å²) in [6.07, 6.45) is 4.43. The second-order valence-corrected chi connectivity index (χ2v) is 5.20. The molecule has 0 radical (unpaired) electrons. The fraction of sp³-hybridized carbons (Fsp3) is 0.400. The van der Waals surface area contributed by atoms with E-state index in [4.69, 9.17) is 4.74 Å². The molecular weight excluding hydrogens is 268 g/mol. The number of para-hydroxylation sites is 1. The Morgan fingerprint density at radius 3 is 3.19 bits per heavy atom. The molecular formula is C15H18N4O2. The van der Waals surface area contributed by atoms with Gasteiger partial charge in [-0.15, -0.1) is 0 Å². The predicted molar refractivity (Wildman–Crippen MR) is 76.8 cm³/mol. The largest absolute Gasteiger partial charge is 0.493 e. The Bertz CT molecular complexity index is 597. The molecule has 0 saturated heterocycles. The summed E-state index contributed by atoms with van der Waals surface area (Å²) >= 11 is 0. The maximum atomic E-state index is 11.8. The van der Waals surface area contributed by atoms with Crippen molar-refractivity contribution < 1.29 is 9.53 Å². The van der Waals surface area contributed by atoms with E-state index < -0.39 is 0 Å². The fourth-order valence-electron chi connectivity index (χ4n) is 2.43. The summed E-state index contributed by atoms with van der Waals surface area (Å²) in [6, 6.07) is 8.06. The van der Waals surface area contributed by atoms with E-state index in [0.717, 1.165) is 12.2 Å². The number of benzene rings is 1. The summed E-state index contributed by atoms with van der Waals surface area (Å²) < 4.78 is 7.37. The van der Waals surface area contributed by atoms with Gasteiger partial charge in [0.2, 0.25) is 5.91 Å². The van der Waals surface area contributed by atoms with Crippen molar-refractivity contribution in [3.05, 3.63) is 42.5 Å². The number of rotatable bonds is 5. The van der Waals surface area contributed by atoms with Crippen molar-refractivity contribution in [2.24, 2.45) is 5.92 Å². The lowest BCUT2D eigenvalue weighted by Crippen LogP contribution is -2.35. The second kappa shape index (κ2) is 6.39. The minimum atomic E-state index is 0.0318. The van der Waals surface area contributed by atoms with Crippen LogP contribution in [-0.2, 0) is 17.8 Å². The Hall–Kier alpha value is -2.37. The number of nitrogens with one attached hydrogen (secondary N) is 1. The van der Waals surface area contributed by atoms with E-state index in [9.17, 15) is 4.79 Å². The minimum Gasteiger partial charge on any atom is -0.493 e. The molecule has 1 unspecified atom stereocenters. The summed E-state index contributed by atoms with van der Waals surface area (Å²) in [7, 11) is 0. The molecule has 0 bridgehead atoms. The van der Waals surface area contributed by atoms with Crippen LogP contribution in [0.1, 0.15) is 12.0 Å². The summed E-state index contributed by atoms with van der Waals surface area (Å²) in [5, 5.41) is 6.93. The first-order chi connectivity index (χ1) is 10.3. The third-order valence-corrected chi connectivity index (χ3v) is 3.58. The van der Waals surface area contributed by atoms with Crippen LogP contribution in [0.5, 0.6) is 5.75 Å². The predicted octanol–water partition coefficient (Wildman–Crippen LogP) is 1.04. The Balaban J connectivity index is 1.42. The topological polar surface area (TPSA) is 69.0 Å². The molecule has 3 rings (SSSR count). The van der Waals surface area contributed by atoms with E-state index in [1.54, 1.807) is 11.0 Å². The van der Waals surface area contributed by atoms with Crippen LogP contribution in [0, 0.1) is 5.92 Å². The number of fused-ring (bicyclic) bond motifs is 1. The van der Waals surface area contributed by atoms with Gasteiger partial charge in [-0.05, 0) is 18.1 Å². The summed E-state index contributed by atoms with van der Waals surface area (Å²) in [4.78, 5) is 15.7. The van der Waals surface area contributed by atoms with Crippen molar-refractivity contribution in [3.63, 3.8) is 0 Å². The molecule has 0 saturated carbocycles. The number of hydrogen-bond donors (Lipinski definition) is 1. The zero-order valence-corrected chi connectivity index (χ0v) is 11.7. The van der Waals surface area contributed by atoms with Gasteiger partial charge >= 0.3 is 0 Å². The average Bonchev–Trinajstić information content (AvgIpc) is 3.04. The smallest absolute Gasteiger partial charge is 0.221 e. The van der Waals surface area contributed by atoms with Crippen molar-refractivity contribution in [2.75, 3.05) is 13.2 Å². The third kappa shape index (κ3) is 3.59. The van der Waals surface area contributed by atoms with Gasteiger partial charge in [0.1, 0.15) is 18.4 Å². The number of hydrogen-bond acceptors (Lipinski definition) is 4. The van der Waals surface area contributed by atoms with Crippen LogP contribution >= 0.6 is 0 Å². The second-order valence-electron chi connectivity index (χ2n) is 5.20. The first kappa shape index (κ1) is 13.6. The zero-order chi connectivity index (χ0) is 14.5. The van der Waals surface area contributed by atoms with Crippen LogP contribution in [0.25, 0.3) is 0 Å². The lowest BCUT2D eigenvalue weighted by Gasteiger charge is -2.25. The van der Waals surface area contributed by atoms with Crippen LogP contribution in [-0.4, -0.2) is 33.8 Å². The average molecular weight is 286 g/mol. The normalized spacial score (nSPS) is 16.9. The molecule has 0 fully saturated rings. The first-order valence-corrected chi connectivity index (χ1v) is 7.11. The van der Waals surface area contributed by atoms with Crippen molar-refractivity contribution in [1.29, 1.82) is 0 Å². The molecule has 1 aliphatic heterocycles. The van der Waals surface area contributed by atoms with Gasteiger partial charge in [-0.1, -0.05) is 18.2 Å². The molecule has 1 aliphatic rings. The monoisotopic (exact) mass is 286 g/mol. The van der Waals surface area contributed by atoms with E-state index in [2.05, 4.69) is 21.5 Å². The zero-order valence-electron chi connectivity index (χ0n) is 11.7. The Labute approximate surface area is 123 Å². The van der Waals surface area contributed by atoms with Gasteiger partial charge in [0.05, 0.1) is 13.2 Å². The number of carbonyl (C=O) groups is 1. The van der Waals surface area contributed by atoms with E-state index in [1.165, 1.54) is 11.9 Å². The van der Waals surface area contributed by atoms with Crippen LogP contribution in [0.4, 0.5) is 0 Å². The quantitative estimate of drug-likeness (QED) is 0.891. The highest BCUT2D eigenvalue weighted by Crippen LogP contribution is 2.26. The molecule has 0 aliphatic carbocycles. The molecule has 2 heterocycles. The highest BCUT2D eigenvalue weighted by Gasteiger charge is 2.19. The summed E-state index contributed by atoms with van der Waals surface area (Å²) in [6.45, 7) is 1.85. The van der Waals surface area contributed by atoms with Crippen LogP contribution in [0.15, 0.2) is 36.9 Å². The number of aromatic nitrogens is 3. The maximum Gasteiger partial charge on any atom is 0.221 e. The molecule has 1 amide bonds. The molecule has 1 aromatic heterocycles. The van der Waals surface area contributed by atoms with Gasteiger partial charge in [-0.2, -0.15) is 5.10 Å². The van der Waals surface area contributed by atoms with Gasteiger partial charge in [0.15, 0.2) is 0 Å². The van der Waals surface area contributed by atoms with Gasteiger partial charge in [0.25, 0.3) is 0 Å². The van der Waals surface area contributed by atoms with Crippen molar-refractivity contribution in [1.82, 2.24) is 20.1 Å². The standard InChI is InChI=1S/C15H18N4O2/c20-15(5-6-19-11-16-10-18-19)17-8-12-7-13-3-1-2-4-14(13)21-9-12/h1-4,10-12H,5-9H2,(H,17,20). The molecule has 2 aromatic rings. The summed E-state index contributed by atoms with van der Waals surface area (Å²) in [5.74, 6) is 1.32. The van der Waals surface area contributed by atoms with Gasteiger partial charge in [-0.25, -0.2) is 4.98 Å². The molecule has 1 atom stereocenters. The Morgan fingerprint density at radius 2 is 2.33 bits per heavy atom. The molecule has 1 N–H and O–H groups in total. The molecule has 21 heavy (non-hydrogen) atoms. The van der Waals surface area contributed by atoms with Crippen LogP contribution < -0.4 is 10.1 Å². The van der Waals surface area contributed by atoms with E-state index >= 15 is 0 Å². The number of nitrogens with zero attached hydrogens (tertiary/aromatic N) is 3. The molecule has 0 spiro atoms. The fourth-order valence-corrected chi connectivity index (χ4v) is 2.43. The van der Waals surface area contributed by atoms with Crippen LogP contribution in [0.3, 0.4) is 0 Å². The van der Waals surface area contributed by atoms with Crippen molar-refractivity contribution in [2.45, 2.75) is 19.4 Å². The Morgan fingerprint density at radius 1 is 1.43 bits per heavy atom. The number of ether oxygens (including phenoxy) is 1. The van der Waals surface area contributed by atoms with Gasteiger partial charge in [0, 0.05) is 18.9 Å². The van der Waals surface area contributed by atoms with Crippen molar-refractivity contribution in [3.8, 4) is 5.75 Å². The summed E-state index contributed by atoms with van der Waals surface area (Å²) in [5.41, 5.74) is 1.21. The van der Waals surface area contributed by atoms with E-state index in [0.29, 0.717) is 32.0 Å². The number of aryl methyl sites for hydroxylation is 1. The van der Waals surface area contributed by atoms with Crippen LogP contribution in [0.2, 0.25) is 0 Å². The highest BCUT2D eigenvalue weighted by atomic mass is 16.5. The molecule has 6 heteroatoms. The van der Waals surface area contributed by atoms with E-state index in [-0.39, 0.29) is 5.91 Å². The SMILES string of the molecule is O=C(CCn1cncn1)NCC1COc2ccccc2C1. The van der Waals surface area contributed by atoms with Gasteiger partial charge in [-0.3, -0.25) is 9.48 Å². The molecule has 1 aromatic carbocycles. The van der Waals surface area contributed by atoms with E-state index in [1.807, 2.05) is 18.2 Å². The maximum absolute atomic E-state index is 11.8. The highest BCUT2D eigenvalue weighted by molar-refractivity contribution is 5.75. The van der Waals surface area contributed by atoms with Gasteiger partial charge < -0.3 is 10.1 Å².